The number of urea groups is 1. The van der Waals surface area contributed by atoms with E-state index in [0.717, 1.165) is 43.9 Å². The normalized spacial score (nSPS) is 21.2. The molecule has 2 atom stereocenters. The maximum atomic E-state index is 12.8. The van der Waals surface area contributed by atoms with E-state index in [0.29, 0.717) is 22.5 Å². The monoisotopic (exact) mass is 426 g/mol. The number of nitrogens with zero attached hydrogens (tertiary/aromatic N) is 3. The van der Waals surface area contributed by atoms with Crippen LogP contribution in [-0.4, -0.2) is 61.5 Å². The molecule has 158 valence electrons. The van der Waals surface area contributed by atoms with E-state index in [9.17, 15) is 9.59 Å². The van der Waals surface area contributed by atoms with Gasteiger partial charge in [0.15, 0.2) is 0 Å². The van der Waals surface area contributed by atoms with Crippen molar-refractivity contribution in [2.75, 3.05) is 43.9 Å². The first-order chi connectivity index (χ1) is 14.4. The van der Waals surface area contributed by atoms with Crippen molar-refractivity contribution in [1.82, 2.24) is 9.80 Å². The minimum absolute atomic E-state index is 0.0367. The molecule has 1 N–H and O–H groups in total. The average molecular weight is 427 g/mol. The summed E-state index contributed by atoms with van der Waals surface area (Å²) in [6.07, 6.45) is 2.10. The molecule has 0 spiro atoms. The van der Waals surface area contributed by atoms with Gasteiger partial charge in [-0.1, -0.05) is 11.6 Å². The fourth-order valence-electron chi connectivity index (χ4n) is 4.49. The Balaban J connectivity index is 1.38. The van der Waals surface area contributed by atoms with Gasteiger partial charge in [-0.2, -0.15) is 0 Å². The van der Waals surface area contributed by atoms with Crippen LogP contribution in [-0.2, 0) is 0 Å². The zero-order valence-corrected chi connectivity index (χ0v) is 18.1. The Labute approximate surface area is 182 Å². The van der Waals surface area contributed by atoms with Crippen molar-refractivity contribution in [3.63, 3.8) is 0 Å². The zero-order chi connectivity index (χ0) is 21.3. The minimum Gasteiger partial charge on any atom is -0.321 e. The third-order valence-electron chi connectivity index (χ3n) is 6.20. The van der Waals surface area contributed by atoms with Gasteiger partial charge in [0, 0.05) is 48.1 Å². The molecule has 3 amide bonds. The first-order valence-electron chi connectivity index (χ1n) is 10.3. The molecule has 6 nitrogen and oxygen atoms in total. The van der Waals surface area contributed by atoms with Gasteiger partial charge in [-0.15, -0.1) is 0 Å². The molecule has 0 bridgehead atoms. The number of amides is 3. The SMILES string of the molecule is CN1CC[C@@H]2[C@@H](CCN2C(=O)Nc2ccc(N(C)C(=O)c3ccc(Cl)cc3)cc2)C1. The van der Waals surface area contributed by atoms with Crippen LogP contribution in [0.25, 0.3) is 0 Å². The highest BCUT2D eigenvalue weighted by molar-refractivity contribution is 6.30. The van der Waals surface area contributed by atoms with Gasteiger partial charge >= 0.3 is 6.03 Å². The van der Waals surface area contributed by atoms with E-state index >= 15 is 0 Å². The topological polar surface area (TPSA) is 55.9 Å². The largest absolute Gasteiger partial charge is 0.322 e. The van der Waals surface area contributed by atoms with Crippen LogP contribution in [0.15, 0.2) is 48.5 Å². The quantitative estimate of drug-likeness (QED) is 0.801. The Morgan fingerprint density at radius 2 is 1.73 bits per heavy atom. The Bertz CT molecular complexity index is 916. The number of piperidine rings is 1. The number of hydrogen-bond donors (Lipinski definition) is 1. The average Bonchev–Trinajstić information content (AvgIpc) is 3.17. The number of anilines is 2. The van der Waals surface area contributed by atoms with E-state index < -0.39 is 0 Å². The van der Waals surface area contributed by atoms with E-state index in [1.54, 1.807) is 36.2 Å². The van der Waals surface area contributed by atoms with Crippen LogP contribution in [0, 0.1) is 5.92 Å². The molecule has 0 aliphatic carbocycles. The number of halogens is 1. The van der Waals surface area contributed by atoms with E-state index in [4.69, 9.17) is 11.6 Å². The summed E-state index contributed by atoms with van der Waals surface area (Å²) in [4.78, 5) is 31.4. The molecule has 0 radical (unpaired) electrons. The van der Waals surface area contributed by atoms with Gasteiger partial charge in [-0.05, 0) is 80.9 Å². The summed E-state index contributed by atoms with van der Waals surface area (Å²) in [5, 5.41) is 3.61. The summed E-state index contributed by atoms with van der Waals surface area (Å²) in [5.41, 5.74) is 2.05. The molecule has 2 aliphatic rings. The number of carbonyl (C=O) groups excluding carboxylic acids is 2. The number of fused-ring (bicyclic) bond motifs is 1. The van der Waals surface area contributed by atoms with Crippen LogP contribution in [0.1, 0.15) is 23.2 Å². The van der Waals surface area contributed by atoms with Crippen LogP contribution in [0.2, 0.25) is 5.02 Å². The molecule has 2 aliphatic heterocycles. The third-order valence-corrected chi connectivity index (χ3v) is 6.45. The third kappa shape index (κ3) is 4.30. The van der Waals surface area contributed by atoms with Crippen LogP contribution in [0.4, 0.5) is 16.2 Å². The molecule has 4 rings (SSSR count). The summed E-state index contributed by atoms with van der Waals surface area (Å²) in [7, 11) is 3.88. The maximum absolute atomic E-state index is 12.8. The van der Waals surface area contributed by atoms with Gasteiger partial charge in [0.1, 0.15) is 0 Å². The zero-order valence-electron chi connectivity index (χ0n) is 17.3. The molecule has 2 saturated heterocycles. The number of rotatable bonds is 3. The van der Waals surface area contributed by atoms with Crippen LogP contribution in [0.3, 0.4) is 0 Å². The van der Waals surface area contributed by atoms with E-state index in [1.807, 2.05) is 29.2 Å². The fraction of sp³-hybridized carbons (Fsp3) is 0.391. The highest BCUT2D eigenvalue weighted by Gasteiger charge is 2.39. The molecule has 0 aromatic heterocycles. The highest BCUT2D eigenvalue weighted by atomic mass is 35.5. The molecule has 2 heterocycles. The molecule has 0 unspecified atom stereocenters. The van der Waals surface area contributed by atoms with Gasteiger partial charge in [0.05, 0.1) is 0 Å². The maximum Gasteiger partial charge on any atom is 0.322 e. The van der Waals surface area contributed by atoms with Crippen LogP contribution < -0.4 is 10.2 Å². The number of carbonyl (C=O) groups is 2. The van der Waals surface area contributed by atoms with Crippen LogP contribution in [0.5, 0.6) is 0 Å². The second-order valence-electron chi connectivity index (χ2n) is 8.21. The summed E-state index contributed by atoms with van der Waals surface area (Å²) in [5.74, 6) is 0.457. The first-order valence-corrected chi connectivity index (χ1v) is 10.7. The van der Waals surface area contributed by atoms with Crippen molar-refractivity contribution in [2.45, 2.75) is 18.9 Å². The Morgan fingerprint density at radius 3 is 2.43 bits per heavy atom. The Hall–Kier alpha value is -2.57. The predicted octanol–water partition coefficient (Wildman–Crippen LogP) is 4.17. The van der Waals surface area contributed by atoms with Gasteiger partial charge < -0.3 is 20.0 Å². The Kier molecular flexibility index (Phi) is 5.97. The van der Waals surface area contributed by atoms with Gasteiger partial charge in [0.2, 0.25) is 0 Å². The van der Waals surface area contributed by atoms with E-state index in [1.165, 1.54) is 0 Å². The summed E-state index contributed by atoms with van der Waals surface area (Å²) >= 11 is 5.90. The smallest absolute Gasteiger partial charge is 0.321 e. The molecule has 2 aromatic rings. The van der Waals surface area contributed by atoms with Crippen molar-refractivity contribution in [3.05, 3.63) is 59.1 Å². The molecule has 2 fully saturated rings. The summed E-state index contributed by atoms with van der Waals surface area (Å²) in [6, 6.07) is 14.5. The lowest BCUT2D eigenvalue weighted by atomic mass is 9.93. The number of hydrogen-bond acceptors (Lipinski definition) is 3. The fourth-order valence-corrected chi connectivity index (χ4v) is 4.61. The molecule has 0 saturated carbocycles. The van der Waals surface area contributed by atoms with Crippen LogP contribution >= 0.6 is 11.6 Å². The molecule has 30 heavy (non-hydrogen) atoms. The lowest BCUT2D eigenvalue weighted by Crippen LogP contribution is -2.47. The second-order valence-corrected chi connectivity index (χ2v) is 8.64. The standard InChI is InChI=1S/C23H27ClN4O2/c1-26-13-12-21-17(15-26)11-14-28(21)23(30)25-19-7-9-20(10-8-19)27(2)22(29)16-3-5-18(24)6-4-16/h3-10,17,21H,11-15H2,1-2H3,(H,25,30)/t17-,21+/m0/s1. The van der Waals surface area contributed by atoms with Gasteiger partial charge in [0.25, 0.3) is 5.91 Å². The molecule has 2 aromatic carbocycles. The predicted molar refractivity (Wildman–Crippen MR) is 120 cm³/mol. The number of benzene rings is 2. The minimum atomic E-state index is -0.117. The summed E-state index contributed by atoms with van der Waals surface area (Å²) in [6.45, 7) is 2.91. The van der Waals surface area contributed by atoms with E-state index in [2.05, 4.69) is 17.3 Å². The van der Waals surface area contributed by atoms with Crippen molar-refractivity contribution in [2.24, 2.45) is 5.92 Å². The molecular formula is C23H27ClN4O2. The van der Waals surface area contributed by atoms with Crippen molar-refractivity contribution in [3.8, 4) is 0 Å². The highest BCUT2D eigenvalue weighted by Crippen LogP contribution is 2.31. The van der Waals surface area contributed by atoms with E-state index in [-0.39, 0.29) is 11.9 Å². The van der Waals surface area contributed by atoms with Gasteiger partial charge in [-0.25, -0.2) is 4.79 Å². The summed E-state index contributed by atoms with van der Waals surface area (Å²) < 4.78 is 0. The second kappa shape index (κ2) is 8.66. The Morgan fingerprint density at radius 1 is 1.03 bits per heavy atom. The lowest BCUT2D eigenvalue weighted by Gasteiger charge is -2.36. The lowest BCUT2D eigenvalue weighted by molar-refractivity contribution is 0.0993. The van der Waals surface area contributed by atoms with Crippen molar-refractivity contribution in [1.29, 1.82) is 0 Å². The van der Waals surface area contributed by atoms with Crippen molar-refractivity contribution < 1.29 is 9.59 Å². The number of nitrogens with one attached hydrogen (secondary N) is 1. The number of likely N-dealkylation sites (tertiary alicyclic amines) is 2. The first kappa shape index (κ1) is 20.7. The molecular weight excluding hydrogens is 400 g/mol. The van der Waals surface area contributed by atoms with Crippen molar-refractivity contribution >= 4 is 34.9 Å². The molecule has 7 heteroatoms. The van der Waals surface area contributed by atoms with Gasteiger partial charge in [-0.3, -0.25) is 4.79 Å².